The fourth-order valence-corrected chi connectivity index (χ4v) is 2.95. The molecule has 0 aliphatic carbocycles. The van der Waals surface area contributed by atoms with Crippen molar-refractivity contribution in [2.24, 2.45) is 0 Å². The molecule has 0 saturated carbocycles. The molecule has 1 heterocycles. The molecule has 0 spiro atoms. The molecular formula is C22H17FN2O4. The molecule has 0 saturated heterocycles. The summed E-state index contributed by atoms with van der Waals surface area (Å²) in [6.45, 7) is 0.502. The molecule has 0 unspecified atom stereocenters. The van der Waals surface area contributed by atoms with Gasteiger partial charge in [-0.25, -0.2) is 19.0 Å². The number of aromatic nitrogens is 2. The highest BCUT2D eigenvalue weighted by atomic mass is 19.1. The Balaban J connectivity index is 1.41. The van der Waals surface area contributed by atoms with Crippen molar-refractivity contribution in [3.63, 3.8) is 0 Å². The Labute approximate surface area is 164 Å². The van der Waals surface area contributed by atoms with Crippen molar-refractivity contribution in [3.8, 4) is 16.9 Å². The summed E-state index contributed by atoms with van der Waals surface area (Å²) in [5, 5.41) is 0. The van der Waals surface area contributed by atoms with Gasteiger partial charge in [0.2, 0.25) is 0 Å². The molecular weight excluding hydrogens is 375 g/mol. The second kappa shape index (κ2) is 8.02. The van der Waals surface area contributed by atoms with Gasteiger partial charge in [0, 0.05) is 0 Å². The Kier molecular flexibility index (Phi) is 5.11. The van der Waals surface area contributed by atoms with Crippen LogP contribution >= 0.6 is 0 Å². The number of halogens is 1. The molecule has 146 valence electrons. The highest BCUT2D eigenvalue weighted by Gasteiger charge is 2.05. The van der Waals surface area contributed by atoms with Crippen LogP contribution in [0.15, 0.2) is 86.9 Å². The number of benzene rings is 3. The van der Waals surface area contributed by atoms with Crippen LogP contribution in [0.3, 0.4) is 0 Å². The van der Waals surface area contributed by atoms with Crippen molar-refractivity contribution in [1.82, 2.24) is 9.72 Å². The minimum atomic E-state index is -0.782. The van der Waals surface area contributed by atoms with E-state index in [-0.39, 0.29) is 12.4 Å². The van der Waals surface area contributed by atoms with E-state index in [4.69, 9.17) is 9.26 Å². The number of rotatable bonds is 6. The summed E-state index contributed by atoms with van der Waals surface area (Å²) in [6.07, 6.45) is 0. The number of hydrogen-bond donors (Lipinski definition) is 1. The van der Waals surface area contributed by atoms with Gasteiger partial charge >= 0.3 is 11.4 Å². The maximum atomic E-state index is 13.4. The third kappa shape index (κ3) is 4.52. The van der Waals surface area contributed by atoms with E-state index >= 15 is 0 Å². The monoisotopic (exact) mass is 392 g/mol. The summed E-state index contributed by atoms with van der Waals surface area (Å²) in [5.74, 6) is -0.395. The Morgan fingerprint density at radius 3 is 2.31 bits per heavy atom. The summed E-state index contributed by atoms with van der Waals surface area (Å²) in [7, 11) is 0. The Morgan fingerprint density at radius 2 is 1.62 bits per heavy atom. The third-order valence-electron chi connectivity index (χ3n) is 4.37. The van der Waals surface area contributed by atoms with Crippen LogP contribution in [0, 0.1) is 5.82 Å². The average molecular weight is 392 g/mol. The number of ether oxygens (including phenoxy) is 1. The molecule has 6 nitrogen and oxygen atoms in total. The van der Waals surface area contributed by atoms with E-state index in [1.54, 1.807) is 30.3 Å². The Hall–Kier alpha value is -3.87. The lowest BCUT2D eigenvalue weighted by molar-refractivity contribution is 0.258. The summed E-state index contributed by atoms with van der Waals surface area (Å²) >= 11 is 0. The number of nitrogens with one attached hydrogen (secondary N) is 1. The fourth-order valence-electron chi connectivity index (χ4n) is 2.95. The number of hydrogen-bond acceptors (Lipinski definition) is 4. The van der Waals surface area contributed by atoms with E-state index in [9.17, 15) is 14.0 Å². The fraction of sp³-hybridized carbons (Fsp3) is 0.0909. The van der Waals surface area contributed by atoms with Gasteiger partial charge in [-0.15, -0.1) is 4.74 Å². The molecule has 1 N–H and O–H groups in total. The molecule has 29 heavy (non-hydrogen) atoms. The van der Waals surface area contributed by atoms with Crippen LogP contribution in [0.25, 0.3) is 11.1 Å². The number of aromatic amines is 1. The second-order valence-corrected chi connectivity index (χ2v) is 6.49. The van der Waals surface area contributed by atoms with Crippen LogP contribution in [0.4, 0.5) is 4.39 Å². The highest BCUT2D eigenvalue weighted by Crippen LogP contribution is 2.22. The van der Waals surface area contributed by atoms with Crippen LogP contribution in [-0.4, -0.2) is 9.72 Å². The van der Waals surface area contributed by atoms with E-state index in [0.29, 0.717) is 12.4 Å². The molecule has 0 aliphatic rings. The van der Waals surface area contributed by atoms with Gasteiger partial charge in [0.15, 0.2) is 0 Å². The van der Waals surface area contributed by atoms with E-state index < -0.39 is 11.4 Å². The molecule has 0 bridgehead atoms. The number of H-pyrrole nitrogens is 1. The van der Waals surface area contributed by atoms with Crippen molar-refractivity contribution in [3.05, 3.63) is 111 Å². The lowest BCUT2D eigenvalue weighted by Crippen LogP contribution is -2.17. The van der Waals surface area contributed by atoms with Gasteiger partial charge in [-0.05, 0) is 52.6 Å². The largest absolute Gasteiger partial charge is 0.489 e. The van der Waals surface area contributed by atoms with Gasteiger partial charge in [-0.2, -0.15) is 0 Å². The second-order valence-electron chi connectivity index (χ2n) is 6.49. The average Bonchev–Trinajstić information content (AvgIpc) is 3.04. The topological polar surface area (TPSA) is 77.2 Å². The molecule has 1 aromatic heterocycles. The van der Waals surface area contributed by atoms with Crippen molar-refractivity contribution < 1.29 is 13.7 Å². The maximum absolute atomic E-state index is 13.4. The van der Waals surface area contributed by atoms with E-state index in [2.05, 4.69) is 0 Å². The lowest BCUT2D eigenvalue weighted by atomic mass is 10.0. The van der Waals surface area contributed by atoms with Gasteiger partial charge in [-0.1, -0.05) is 42.5 Å². The van der Waals surface area contributed by atoms with Crippen molar-refractivity contribution in [1.29, 1.82) is 0 Å². The van der Waals surface area contributed by atoms with Crippen molar-refractivity contribution in [2.75, 3.05) is 0 Å². The van der Waals surface area contributed by atoms with Crippen LogP contribution in [0.1, 0.15) is 11.1 Å². The van der Waals surface area contributed by atoms with Crippen LogP contribution < -0.4 is 16.2 Å². The summed E-state index contributed by atoms with van der Waals surface area (Å²) in [6, 6.07) is 21.3. The summed E-state index contributed by atoms with van der Waals surface area (Å²) in [5.41, 5.74) is 2.88. The van der Waals surface area contributed by atoms with Gasteiger partial charge in [0.05, 0.1) is 6.54 Å². The molecule has 0 radical (unpaired) electrons. The lowest BCUT2D eigenvalue weighted by Gasteiger charge is -2.09. The molecule has 0 amide bonds. The molecule has 0 fully saturated rings. The first kappa shape index (κ1) is 18.5. The first-order valence-corrected chi connectivity index (χ1v) is 8.94. The predicted octanol–water partition coefficient (Wildman–Crippen LogP) is 3.56. The van der Waals surface area contributed by atoms with E-state index in [1.807, 2.05) is 35.3 Å². The standard InChI is InChI=1S/C22H17FN2O4/c23-19-6-2-5-18(12-19)17-4-1-3-16(11-17)14-28-20-9-7-15(8-10-20)13-25-21(26)24-22(27)29-25/h1-12H,13-14H2,(H,24,26,27). The van der Waals surface area contributed by atoms with Crippen LogP contribution in [-0.2, 0) is 13.2 Å². The molecule has 4 rings (SSSR count). The molecule has 0 atom stereocenters. The molecule has 7 heteroatoms. The van der Waals surface area contributed by atoms with E-state index in [0.717, 1.165) is 27.0 Å². The zero-order chi connectivity index (χ0) is 20.2. The summed E-state index contributed by atoms with van der Waals surface area (Å²) < 4.78 is 25.0. The van der Waals surface area contributed by atoms with Crippen LogP contribution in [0.5, 0.6) is 5.75 Å². The Bertz CT molecular complexity index is 1240. The van der Waals surface area contributed by atoms with E-state index in [1.165, 1.54) is 12.1 Å². The van der Waals surface area contributed by atoms with Gasteiger partial charge in [-0.3, -0.25) is 0 Å². The quantitative estimate of drug-likeness (QED) is 0.544. The third-order valence-corrected chi connectivity index (χ3v) is 4.37. The van der Waals surface area contributed by atoms with Gasteiger partial charge < -0.3 is 9.26 Å². The zero-order valence-electron chi connectivity index (χ0n) is 15.3. The smallest absolute Gasteiger partial charge is 0.440 e. The highest BCUT2D eigenvalue weighted by molar-refractivity contribution is 5.64. The van der Waals surface area contributed by atoms with Gasteiger partial charge in [0.25, 0.3) is 0 Å². The van der Waals surface area contributed by atoms with Crippen molar-refractivity contribution >= 4 is 0 Å². The number of nitrogens with zero attached hydrogens (tertiary/aromatic N) is 1. The molecule has 3 aromatic carbocycles. The minimum Gasteiger partial charge on any atom is -0.489 e. The molecule has 4 aromatic rings. The predicted molar refractivity (Wildman–Crippen MR) is 105 cm³/mol. The Morgan fingerprint density at radius 1 is 0.897 bits per heavy atom. The molecule has 0 aliphatic heterocycles. The summed E-state index contributed by atoms with van der Waals surface area (Å²) in [4.78, 5) is 24.5. The van der Waals surface area contributed by atoms with Crippen LogP contribution in [0.2, 0.25) is 0 Å². The van der Waals surface area contributed by atoms with Gasteiger partial charge in [0.1, 0.15) is 18.2 Å². The first-order valence-electron chi connectivity index (χ1n) is 8.94. The maximum Gasteiger partial charge on any atom is 0.440 e. The zero-order valence-corrected chi connectivity index (χ0v) is 15.3. The first-order chi connectivity index (χ1) is 14.1. The minimum absolute atomic E-state index is 0.146. The van der Waals surface area contributed by atoms with Crippen molar-refractivity contribution in [2.45, 2.75) is 13.2 Å². The normalized spacial score (nSPS) is 10.8. The SMILES string of the molecule is O=c1[nH]c(=O)n(Cc2ccc(OCc3cccc(-c4cccc(F)c4)c3)cc2)o1.